The Morgan fingerprint density at radius 2 is 1.56 bits per heavy atom. The van der Waals surface area contributed by atoms with Crippen molar-refractivity contribution >= 4 is 23.8 Å². The molecule has 0 saturated heterocycles. The van der Waals surface area contributed by atoms with Gasteiger partial charge in [-0.2, -0.15) is 0 Å². The number of alkyl carbamates (subject to hydrolysis) is 1. The van der Waals surface area contributed by atoms with Crippen LogP contribution in [0.4, 0.5) is 4.79 Å². The quantitative estimate of drug-likeness (QED) is 0.167. The van der Waals surface area contributed by atoms with E-state index in [1.54, 1.807) is 32.9 Å². The van der Waals surface area contributed by atoms with Gasteiger partial charge in [0.25, 0.3) is 0 Å². The van der Waals surface area contributed by atoms with E-state index in [-0.39, 0.29) is 31.0 Å². The Hall–Kier alpha value is -4.90. The van der Waals surface area contributed by atoms with Crippen LogP contribution < -0.4 is 21.7 Å². The number of ether oxygens (including phenoxy) is 1. The summed E-state index contributed by atoms with van der Waals surface area (Å²) in [6.07, 6.45) is 1.26. The van der Waals surface area contributed by atoms with Crippen molar-refractivity contribution in [1.29, 1.82) is 0 Å². The number of nitrogens with zero attached hydrogens (tertiary/aromatic N) is 1. The van der Waals surface area contributed by atoms with Gasteiger partial charge in [0, 0.05) is 25.9 Å². The molecule has 3 aromatic rings. The van der Waals surface area contributed by atoms with Gasteiger partial charge in [-0.1, -0.05) is 54.6 Å². The number of carbonyl (C=O) groups is 4. The number of aryl methyl sites for hydroxylation is 2. The van der Waals surface area contributed by atoms with Gasteiger partial charge in [0.1, 0.15) is 29.5 Å². The van der Waals surface area contributed by atoms with Crippen molar-refractivity contribution in [3.63, 3.8) is 0 Å². The summed E-state index contributed by atoms with van der Waals surface area (Å²) in [5, 5.41) is 18.8. The number of fused-ring (bicyclic) bond motifs is 1. The summed E-state index contributed by atoms with van der Waals surface area (Å²) in [7, 11) is 0. The van der Waals surface area contributed by atoms with Crippen LogP contribution >= 0.6 is 0 Å². The number of unbranched alkanes of at least 4 members (excludes halogenated alkanes) is 1. The van der Waals surface area contributed by atoms with Crippen molar-refractivity contribution in [2.75, 3.05) is 6.54 Å². The van der Waals surface area contributed by atoms with Crippen molar-refractivity contribution in [2.24, 2.45) is 5.73 Å². The van der Waals surface area contributed by atoms with Crippen LogP contribution in [0.1, 0.15) is 73.4 Å². The van der Waals surface area contributed by atoms with Crippen molar-refractivity contribution in [3.05, 3.63) is 100 Å². The molecule has 11 nitrogen and oxygen atoms in total. The Morgan fingerprint density at radius 3 is 2.20 bits per heavy atom. The fraction of sp³-hybridized carbons (Fsp3) is 0.436. The minimum absolute atomic E-state index is 0.102. The SMILES string of the molecule is Cc1cc(O)cc(C)c1CC(NC(=O)OC(C)(C)C)C(=O)N1Cc2ccccc2CC1C(=O)N[C@@H](CCCCN)C(=O)NCc1ccccc1. The van der Waals surface area contributed by atoms with Crippen molar-refractivity contribution in [3.8, 4) is 5.75 Å². The van der Waals surface area contributed by atoms with Gasteiger partial charge in [-0.3, -0.25) is 14.4 Å². The second-order valence-corrected chi connectivity index (χ2v) is 14.0. The molecule has 0 spiro atoms. The number of benzene rings is 3. The number of amides is 4. The first kappa shape index (κ1) is 37.9. The summed E-state index contributed by atoms with van der Waals surface area (Å²) >= 11 is 0. The lowest BCUT2D eigenvalue weighted by atomic mass is 9.91. The molecular weight excluding hydrogens is 634 g/mol. The number of rotatable bonds is 13. The van der Waals surface area contributed by atoms with E-state index in [0.717, 1.165) is 33.4 Å². The molecule has 3 atom stereocenters. The molecule has 3 aromatic carbocycles. The maximum Gasteiger partial charge on any atom is 0.408 e. The highest BCUT2D eigenvalue weighted by atomic mass is 16.6. The van der Waals surface area contributed by atoms with Gasteiger partial charge in [-0.05, 0) is 106 Å². The van der Waals surface area contributed by atoms with Gasteiger partial charge >= 0.3 is 6.09 Å². The maximum absolute atomic E-state index is 14.6. The molecule has 1 aliphatic rings. The molecular formula is C39H51N5O6. The van der Waals surface area contributed by atoms with E-state index < -0.39 is 41.6 Å². The van der Waals surface area contributed by atoms with Crippen LogP contribution in [0.5, 0.6) is 5.75 Å². The first-order valence-electron chi connectivity index (χ1n) is 17.2. The molecule has 1 aliphatic heterocycles. The minimum atomic E-state index is -1.10. The van der Waals surface area contributed by atoms with E-state index in [1.165, 1.54) is 4.90 Å². The molecule has 1 heterocycles. The van der Waals surface area contributed by atoms with Crippen LogP contribution in [0.2, 0.25) is 0 Å². The number of aromatic hydroxyl groups is 1. The molecule has 6 N–H and O–H groups in total. The number of phenols is 1. The summed E-state index contributed by atoms with van der Waals surface area (Å²) in [6, 6.07) is 17.5. The molecule has 0 bridgehead atoms. The summed E-state index contributed by atoms with van der Waals surface area (Å²) < 4.78 is 5.54. The second-order valence-electron chi connectivity index (χ2n) is 14.0. The molecule has 268 valence electrons. The molecule has 0 aromatic heterocycles. The Labute approximate surface area is 295 Å². The monoisotopic (exact) mass is 685 g/mol. The van der Waals surface area contributed by atoms with E-state index in [0.29, 0.717) is 32.4 Å². The first-order valence-corrected chi connectivity index (χ1v) is 17.2. The predicted octanol–water partition coefficient (Wildman–Crippen LogP) is 4.33. The first-order chi connectivity index (χ1) is 23.8. The lowest BCUT2D eigenvalue weighted by molar-refractivity contribution is -0.144. The molecule has 50 heavy (non-hydrogen) atoms. The van der Waals surface area contributed by atoms with E-state index in [1.807, 2.05) is 68.4 Å². The van der Waals surface area contributed by atoms with Crippen LogP contribution in [0.15, 0.2) is 66.7 Å². The van der Waals surface area contributed by atoms with E-state index in [9.17, 15) is 24.3 Å². The predicted molar refractivity (Wildman–Crippen MR) is 192 cm³/mol. The fourth-order valence-electron chi connectivity index (χ4n) is 6.27. The third-order valence-corrected chi connectivity index (χ3v) is 8.80. The summed E-state index contributed by atoms with van der Waals surface area (Å²) in [5.41, 5.74) is 9.96. The van der Waals surface area contributed by atoms with Crippen LogP contribution in [0.3, 0.4) is 0 Å². The lowest BCUT2D eigenvalue weighted by Crippen LogP contribution is -2.60. The number of carbonyl (C=O) groups excluding carboxylic acids is 4. The van der Waals surface area contributed by atoms with Crippen molar-refractivity contribution in [2.45, 2.75) is 104 Å². The average molecular weight is 686 g/mol. The topological polar surface area (TPSA) is 163 Å². The number of nitrogens with one attached hydrogen (secondary N) is 3. The Kier molecular flexibility index (Phi) is 13.0. The van der Waals surface area contributed by atoms with Crippen LogP contribution in [-0.4, -0.2) is 64.1 Å². The molecule has 0 aliphatic carbocycles. The number of phenolic OH excluding ortho intramolecular Hbond substituents is 1. The average Bonchev–Trinajstić information content (AvgIpc) is 3.06. The lowest BCUT2D eigenvalue weighted by Gasteiger charge is -2.39. The molecule has 0 radical (unpaired) electrons. The maximum atomic E-state index is 14.6. The highest BCUT2D eigenvalue weighted by Crippen LogP contribution is 2.27. The van der Waals surface area contributed by atoms with Gasteiger partial charge in [-0.15, -0.1) is 0 Å². The number of nitrogens with two attached hydrogens (primary N) is 1. The Morgan fingerprint density at radius 1 is 0.920 bits per heavy atom. The summed E-state index contributed by atoms with van der Waals surface area (Å²) in [5.74, 6) is -1.15. The van der Waals surface area contributed by atoms with Crippen LogP contribution in [-0.2, 0) is 45.1 Å². The third kappa shape index (κ3) is 10.5. The highest BCUT2D eigenvalue weighted by Gasteiger charge is 2.40. The standard InChI is InChI=1S/C39H51N5O6/c1-25-19-30(45)20-26(2)31(25)22-33(43-38(49)50-39(3,4)5)37(48)44-24-29-16-10-9-15-28(29)21-34(44)36(47)42-32(17-11-12-18-40)35(46)41-23-27-13-7-6-8-14-27/h6-10,13-16,19-20,32-34,45H,11-12,17-18,21-24,40H2,1-5H3,(H,41,46)(H,42,47)(H,43,49)/t32-,33?,34?/m0/s1. The van der Waals surface area contributed by atoms with Gasteiger partial charge in [0.2, 0.25) is 17.7 Å². The summed E-state index contributed by atoms with van der Waals surface area (Å²) in [4.78, 5) is 56.9. The van der Waals surface area contributed by atoms with Gasteiger partial charge in [0.15, 0.2) is 0 Å². The van der Waals surface area contributed by atoms with Gasteiger partial charge in [0.05, 0.1) is 0 Å². The highest BCUT2D eigenvalue weighted by molar-refractivity contribution is 5.94. The zero-order chi connectivity index (χ0) is 36.4. The molecule has 2 unspecified atom stereocenters. The van der Waals surface area contributed by atoms with Crippen molar-refractivity contribution in [1.82, 2.24) is 20.9 Å². The third-order valence-electron chi connectivity index (χ3n) is 8.80. The minimum Gasteiger partial charge on any atom is -0.508 e. The summed E-state index contributed by atoms with van der Waals surface area (Å²) in [6.45, 7) is 9.76. The largest absolute Gasteiger partial charge is 0.508 e. The smallest absolute Gasteiger partial charge is 0.408 e. The van der Waals surface area contributed by atoms with Crippen LogP contribution in [0.25, 0.3) is 0 Å². The zero-order valence-electron chi connectivity index (χ0n) is 29.8. The van der Waals surface area contributed by atoms with Gasteiger partial charge < -0.3 is 36.4 Å². The zero-order valence-corrected chi connectivity index (χ0v) is 29.8. The molecule has 4 rings (SSSR count). The number of hydrogen-bond acceptors (Lipinski definition) is 7. The second kappa shape index (κ2) is 17.2. The van der Waals surface area contributed by atoms with Gasteiger partial charge in [-0.25, -0.2) is 4.79 Å². The van der Waals surface area contributed by atoms with Crippen molar-refractivity contribution < 1.29 is 29.0 Å². The normalized spacial score (nSPS) is 15.3. The molecule has 4 amide bonds. The molecule has 11 heteroatoms. The van der Waals surface area contributed by atoms with E-state index in [4.69, 9.17) is 10.5 Å². The van der Waals surface area contributed by atoms with Crippen LogP contribution in [0, 0.1) is 13.8 Å². The Bertz CT molecular complexity index is 1630. The fourth-order valence-corrected chi connectivity index (χ4v) is 6.27. The van der Waals surface area contributed by atoms with E-state index in [2.05, 4.69) is 16.0 Å². The molecule has 0 saturated carbocycles. The van der Waals surface area contributed by atoms with E-state index >= 15 is 0 Å². The number of hydrogen-bond donors (Lipinski definition) is 5. The molecule has 0 fully saturated rings. The Balaban J connectivity index is 1.64.